The molecular formula is C20H16FN3O. The van der Waals surface area contributed by atoms with Crippen molar-refractivity contribution in [1.29, 1.82) is 0 Å². The van der Waals surface area contributed by atoms with Crippen molar-refractivity contribution in [3.05, 3.63) is 72.2 Å². The summed E-state index contributed by atoms with van der Waals surface area (Å²) >= 11 is 0. The summed E-state index contributed by atoms with van der Waals surface area (Å²) in [5.41, 5.74) is 3.64. The molecule has 0 unspecified atom stereocenters. The number of Topliss-reactive ketones (excluding diaryl/α,β-unsaturated/α-hetero) is 1. The topological polar surface area (TPSA) is 46.1 Å². The number of halogens is 1. The van der Waals surface area contributed by atoms with E-state index < -0.39 is 0 Å². The monoisotopic (exact) mass is 333 g/mol. The molecule has 4 rings (SSSR count). The van der Waals surface area contributed by atoms with Gasteiger partial charge in [-0.15, -0.1) is 0 Å². The average molecular weight is 333 g/mol. The largest absolute Gasteiger partial charge is 0.294 e. The maximum atomic E-state index is 14.7. The van der Waals surface area contributed by atoms with Crippen LogP contribution in [-0.4, -0.2) is 15.8 Å². The van der Waals surface area contributed by atoms with Crippen LogP contribution < -0.4 is 5.12 Å². The van der Waals surface area contributed by atoms with Gasteiger partial charge < -0.3 is 0 Å². The van der Waals surface area contributed by atoms with Crippen LogP contribution in [0.5, 0.6) is 0 Å². The molecule has 0 saturated carbocycles. The number of carbonyl (C=O) groups is 1. The third-order valence-electron chi connectivity index (χ3n) is 4.37. The minimum absolute atomic E-state index is 0.0894. The lowest BCUT2D eigenvalue weighted by Gasteiger charge is -2.18. The van der Waals surface area contributed by atoms with E-state index in [1.54, 1.807) is 36.7 Å². The molecule has 5 heteroatoms. The van der Waals surface area contributed by atoms with Gasteiger partial charge in [0, 0.05) is 24.4 Å². The van der Waals surface area contributed by atoms with Gasteiger partial charge in [-0.1, -0.05) is 22.7 Å². The highest BCUT2D eigenvalue weighted by atomic mass is 19.2. The van der Waals surface area contributed by atoms with Crippen LogP contribution >= 0.6 is 0 Å². The summed E-state index contributed by atoms with van der Waals surface area (Å²) in [5, 5.41) is 0.548. The van der Waals surface area contributed by atoms with Crippen LogP contribution in [0.4, 0.5) is 16.0 Å². The van der Waals surface area contributed by atoms with Gasteiger partial charge in [-0.2, -0.15) is 5.12 Å². The van der Waals surface area contributed by atoms with Crippen LogP contribution in [0.2, 0.25) is 0 Å². The average Bonchev–Trinajstić information content (AvgIpc) is 2.68. The van der Waals surface area contributed by atoms with Crippen molar-refractivity contribution >= 4 is 17.3 Å². The number of aromatic nitrogens is 2. The molecular weight excluding hydrogens is 317 g/mol. The molecule has 124 valence electrons. The summed E-state index contributed by atoms with van der Waals surface area (Å²) in [4.78, 5) is 20.3. The van der Waals surface area contributed by atoms with E-state index in [1.165, 1.54) is 0 Å². The van der Waals surface area contributed by atoms with E-state index in [2.05, 4.69) is 9.97 Å². The first-order chi connectivity index (χ1) is 12.2. The minimum Gasteiger partial charge on any atom is -0.294 e. The normalized spacial score (nSPS) is 13.4. The van der Waals surface area contributed by atoms with Gasteiger partial charge in [0.2, 0.25) is 0 Å². The molecule has 25 heavy (non-hydrogen) atoms. The van der Waals surface area contributed by atoms with Crippen molar-refractivity contribution in [2.24, 2.45) is 0 Å². The summed E-state index contributed by atoms with van der Waals surface area (Å²) in [6.07, 6.45) is 5.51. The van der Waals surface area contributed by atoms with E-state index >= 15 is 0 Å². The zero-order valence-corrected chi connectivity index (χ0v) is 13.5. The van der Waals surface area contributed by atoms with Gasteiger partial charge in [0.25, 0.3) is 0 Å². The number of fused-ring (bicyclic) bond motifs is 1. The van der Waals surface area contributed by atoms with Crippen molar-refractivity contribution in [3.8, 4) is 11.1 Å². The van der Waals surface area contributed by atoms with Gasteiger partial charge in [0.05, 0.1) is 11.4 Å². The highest BCUT2D eigenvalue weighted by Gasteiger charge is 2.20. The van der Waals surface area contributed by atoms with E-state index in [1.807, 2.05) is 24.3 Å². The smallest absolute Gasteiger partial charge is 0.164 e. The Morgan fingerprint density at radius 3 is 2.56 bits per heavy atom. The van der Waals surface area contributed by atoms with Crippen molar-refractivity contribution < 1.29 is 9.28 Å². The maximum Gasteiger partial charge on any atom is 0.164 e. The predicted octanol–water partition coefficient (Wildman–Crippen LogP) is 4.69. The van der Waals surface area contributed by atoms with Crippen LogP contribution in [0.3, 0.4) is 0 Å². The number of anilines is 2. The zero-order chi connectivity index (χ0) is 17.2. The van der Waals surface area contributed by atoms with E-state index in [4.69, 9.17) is 0 Å². The Kier molecular flexibility index (Phi) is 3.98. The molecule has 0 saturated heterocycles. The fraction of sp³-hybridized carbons (Fsp3) is 0.150. The van der Waals surface area contributed by atoms with Crippen LogP contribution in [0.1, 0.15) is 28.9 Å². The molecule has 0 spiro atoms. The Hall–Kier alpha value is -3.08. The third-order valence-corrected chi connectivity index (χ3v) is 4.37. The zero-order valence-electron chi connectivity index (χ0n) is 13.5. The molecule has 0 amide bonds. The summed E-state index contributed by atoms with van der Waals surface area (Å²) < 4.78 is 14.7. The van der Waals surface area contributed by atoms with Gasteiger partial charge in [0.1, 0.15) is 0 Å². The number of aryl methyl sites for hydroxylation is 1. The summed E-state index contributed by atoms with van der Waals surface area (Å²) in [6, 6.07) is 14.2. The third kappa shape index (κ3) is 3.01. The Bertz CT molecular complexity index is 910. The van der Waals surface area contributed by atoms with Crippen molar-refractivity contribution in [2.45, 2.75) is 19.3 Å². The number of benzene rings is 1. The molecule has 2 aromatic heterocycles. The number of carbonyl (C=O) groups excluding carboxylic acids is 1. The molecule has 0 N–H and O–H groups in total. The number of rotatable bonds is 3. The highest BCUT2D eigenvalue weighted by molar-refractivity contribution is 5.98. The summed E-state index contributed by atoms with van der Waals surface area (Å²) in [6.45, 7) is 0. The quantitative estimate of drug-likeness (QED) is 0.653. The van der Waals surface area contributed by atoms with Gasteiger partial charge in [-0.3, -0.25) is 9.78 Å². The maximum absolute atomic E-state index is 14.7. The second-order valence-electron chi connectivity index (χ2n) is 6.01. The summed E-state index contributed by atoms with van der Waals surface area (Å²) in [7, 11) is 0. The van der Waals surface area contributed by atoms with Crippen LogP contribution in [0.15, 0.2) is 60.9 Å². The van der Waals surface area contributed by atoms with Crippen LogP contribution in [0, 0.1) is 0 Å². The Labute approximate surface area is 144 Å². The Balaban J connectivity index is 1.61. The second-order valence-corrected chi connectivity index (χ2v) is 6.01. The van der Waals surface area contributed by atoms with E-state index in [0.717, 1.165) is 17.5 Å². The van der Waals surface area contributed by atoms with Gasteiger partial charge in [-0.25, -0.2) is 4.98 Å². The SMILES string of the molecule is O=C1CCCc2nc(N(F)c3ccc(-c4cccnc4)cc3)ccc21. The fourth-order valence-corrected chi connectivity index (χ4v) is 3.05. The molecule has 1 aliphatic carbocycles. The number of hydrogen-bond donors (Lipinski definition) is 0. The minimum atomic E-state index is 0.0894. The lowest BCUT2D eigenvalue weighted by atomic mass is 9.95. The van der Waals surface area contributed by atoms with Crippen LogP contribution in [-0.2, 0) is 6.42 Å². The van der Waals surface area contributed by atoms with Crippen molar-refractivity contribution in [1.82, 2.24) is 9.97 Å². The first kappa shape index (κ1) is 15.4. The molecule has 1 aromatic carbocycles. The van der Waals surface area contributed by atoms with E-state index in [0.29, 0.717) is 34.9 Å². The Morgan fingerprint density at radius 1 is 0.960 bits per heavy atom. The summed E-state index contributed by atoms with van der Waals surface area (Å²) in [5.74, 6) is 0.286. The van der Waals surface area contributed by atoms with E-state index in [9.17, 15) is 9.28 Å². The Morgan fingerprint density at radius 2 is 1.80 bits per heavy atom. The number of ketones is 1. The van der Waals surface area contributed by atoms with Gasteiger partial charge >= 0.3 is 0 Å². The molecule has 0 radical (unpaired) electrons. The standard InChI is InChI=1S/C20H16FN3O/c21-24(20-11-10-17-18(23-20)4-1-5-19(17)25)16-8-6-14(7-9-16)15-3-2-12-22-13-15/h2-3,6-13H,1,4-5H2. The van der Waals surface area contributed by atoms with Gasteiger partial charge in [-0.05, 0) is 54.3 Å². The number of pyridine rings is 2. The first-order valence-corrected chi connectivity index (χ1v) is 8.22. The lowest BCUT2D eigenvalue weighted by molar-refractivity contribution is 0.0971. The first-order valence-electron chi connectivity index (χ1n) is 8.22. The van der Waals surface area contributed by atoms with Crippen molar-refractivity contribution in [3.63, 3.8) is 0 Å². The molecule has 4 nitrogen and oxygen atoms in total. The fourth-order valence-electron chi connectivity index (χ4n) is 3.05. The lowest BCUT2D eigenvalue weighted by Crippen LogP contribution is -2.15. The molecule has 2 heterocycles. The van der Waals surface area contributed by atoms with Crippen LogP contribution in [0.25, 0.3) is 11.1 Å². The molecule has 0 fully saturated rings. The van der Waals surface area contributed by atoms with E-state index in [-0.39, 0.29) is 11.6 Å². The highest BCUT2D eigenvalue weighted by Crippen LogP contribution is 2.29. The predicted molar refractivity (Wildman–Crippen MR) is 94.4 cm³/mol. The number of nitrogens with zero attached hydrogens (tertiary/aromatic N) is 3. The van der Waals surface area contributed by atoms with Crippen molar-refractivity contribution in [2.75, 3.05) is 5.12 Å². The molecule has 1 aliphatic rings. The molecule has 0 atom stereocenters. The molecule has 3 aromatic rings. The van der Waals surface area contributed by atoms with Gasteiger partial charge in [0.15, 0.2) is 11.6 Å². The number of hydrogen-bond acceptors (Lipinski definition) is 4. The second kappa shape index (κ2) is 6.43. The molecule has 0 bridgehead atoms. The molecule has 0 aliphatic heterocycles.